The Kier molecular flexibility index (Phi) is 3.52. The molecule has 98 valence electrons. The average molecular weight is 246 g/mol. The van der Waals surface area contributed by atoms with E-state index in [1.165, 1.54) is 36.1 Å². The van der Waals surface area contributed by atoms with Crippen LogP contribution in [0.15, 0.2) is 18.2 Å². The topological polar surface area (TPSA) is 24.5 Å². The molecule has 1 aromatic rings. The molecule has 0 spiro atoms. The molecule has 1 heterocycles. The number of rotatable bonds is 3. The molecule has 1 fully saturated rings. The smallest absolute Gasteiger partial charge is 0.0874 e. The van der Waals surface area contributed by atoms with Crippen LogP contribution < -0.4 is 5.32 Å². The number of fused-ring (bicyclic) bond motifs is 1. The highest BCUT2D eigenvalue weighted by atomic mass is 16.5. The Morgan fingerprint density at radius 1 is 1.33 bits per heavy atom. The third kappa shape index (κ3) is 2.68. The second-order valence-corrected chi connectivity index (χ2v) is 5.47. The summed E-state index contributed by atoms with van der Waals surface area (Å²) in [6, 6.07) is 6.80. The van der Waals surface area contributed by atoms with Crippen molar-refractivity contribution >= 4 is 5.69 Å². The molecule has 1 N–H and O–H groups in total. The van der Waals surface area contributed by atoms with Crippen LogP contribution in [-0.2, 0) is 17.6 Å². The van der Waals surface area contributed by atoms with Crippen molar-refractivity contribution in [3.05, 3.63) is 29.3 Å². The van der Waals surface area contributed by atoms with Gasteiger partial charge in [0.2, 0.25) is 0 Å². The number of hydrogen-bond acceptors (Lipinski definition) is 3. The molecular weight excluding hydrogens is 224 g/mol. The fourth-order valence-electron chi connectivity index (χ4n) is 2.90. The van der Waals surface area contributed by atoms with Crippen molar-refractivity contribution in [1.29, 1.82) is 0 Å². The van der Waals surface area contributed by atoms with Crippen molar-refractivity contribution in [1.82, 2.24) is 4.90 Å². The van der Waals surface area contributed by atoms with Gasteiger partial charge in [-0.25, -0.2) is 0 Å². The van der Waals surface area contributed by atoms with E-state index in [-0.39, 0.29) is 0 Å². The van der Waals surface area contributed by atoms with Crippen LogP contribution in [-0.4, -0.2) is 44.3 Å². The number of morpholine rings is 1. The van der Waals surface area contributed by atoms with Gasteiger partial charge in [0.15, 0.2) is 0 Å². The molecule has 0 bridgehead atoms. The molecule has 0 amide bonds. The highest BCUT2D eigenvalue weighted by Gasteiger charge is 2.17. The highest BCUT2D eigenvalue weighted by Crippen LogP contribution is 2.24. The number of benzene rings is 1. The molecule has 1 aliphatic heterocycles. The van der Waals surface area contributed by atoms with Crippen LogP contribution in [0.2, 0.25) is 0 Å². The number of ether oxygens (including phenoxy) is 1. The normalized spacial score (nSPS) is 23.9. The first-order valence-electron chi connectivity index (χ1n) is 6.97. The van der Waals surface area contributed by atoms with Gasteiger partial charge in [0.1, 0.15) is 0 Å². The predicted octanol–water partition coefficient (Wildman–Crippen LogP) is 1.92. The molecule has 3 nitrogen and oxygen atoms in total. The van der Waals surface area contributed by atoms with Crippen molar-refractivity contribution in [2.75, 3.05) is 38.6 Å². The van der Waals surface area contributed by atoms with Crippen LogP contribution in [0.5, 0.6) is 0 Å². The third-order valence-electron chi connectivity index (χ3n) is 3.97. The minimum absolute atomic E-state index is 0.317. The van der Waals surface area contributed by atoms with Crippen molar-refractivity contribution < 1.29 is 4.74 Å². The van der Waals surface area contributed by atoms with Gasteiger partial charge in [0, 0.05) is 25.3 Å². The second-order valence-electron chi connectivity index (χ2n) is 5.47. The minimum Gasteiger partial charge on any atom is -0.382 e. The number of aryl methyl sites for hydroxylation is 2. The Labute approximate surface area is 109 Å². The van der Waals surface area contributed by atoms with Crippen LogP contribution in [0, 0.1) is 0 Å². The van der Waals surface area contributed by atoms with Crippen LogP contribution >= 0.6 is 0 Å². The third-order valence-corrected chi connectivity index (χ3v) is 3.97. The van der Waals surface area contributed by atoms with E-state index >= 15 is 0 Å². The fraction of sp³-hybridized carbons (Fsp3) is 0.600. The zero-order chi connectivity index (χ0) is 12.4. The van der Waals surface area contributed by atoms with E-state index in [1.54, 1.807) is 0 Å². The summed E-state index contributed by atoms with van der Waals surface area (Å²) in [5, 5.41) is 3.51. The van der Waals surface area contributed by atoms with Crippen molar-refractivity contribution in [2.45, 2.75) is 25.4 Å². The van der Waals surface area contributed by atoms with Crippen LogP contribution in [0.1, 0.15) is 17.5 Å². The van der Waals surface area contributed by atoms with Crippen LogP contribution in [0.25, 0.3) is 0 Å². The molecule has 1 unspecified atom stereocenters. The second kappa shape index (κ2) is 5.29. The number of nitrogens with one attached hydrogen (secondary N) is 1. The number of nitrogens with zero attached hydrogens (tertiary/aromatic N) is 1. The maximum Gasteiger partial charge on any atom is 0.0874 e. The largest absolute Gasteiger partial charge is 0.382 e. The minimum atomic E-state index is 0.317. The molecule has 1 atom stereocenters. The molecule has 2 aliphatic rings. The monoisotopic (exact) mass is 246 g/mol. The molecule has 0 radical (unpaired) electrons. The van der Waals surface area contributed by atoms with Gasteiger partial charge in [0.05, 0.1) is 12.7 Å². The van der Waals surface area contributed by atoms with Crippen molar-refractivity contribution in [3.63, 3.8) is 0 Å². The van der Waals surface area contributed by atoms with E-state index in [1.807, 2.05) is 0 Å². The molecule has 1 saturated heterocycles. The van der Waals surface area contributed by atoms with Gasteiger partial charge in [-0.05, 0) is 49.6 Å². The van der Waals surface area contributed by atoms with E-state index in [0.29, 0.717) is 6.10 Å². The summed E-state index contributed by atoms with van der Waals surface area (Å²) < 4.78 is 5.76. The van der Waals surface area contributed by atoms with Crippen LogP contribution in [0.3, 0.4) is 0 Å². The lowest BCUT2D eigenvalue weighted by Gasteiger charge is -2.30. The highest BCUT2D eigenvalue weighted by molar-refractivity contribution is 5.50. The first-order chi connectivity index (χ1) is 8.81. The summed E-state index contributed by atoms with van der Waals surface area (Å²) in [6.45, 7) is 3.84. The maximum atomic E-state index is 5.76. The van der Waals surface area contributed by atoms with E-state index in [4.69, 9.17) is 4.74 Å². The zero-order valence-corrected chi connectivity index (χ0v) is 11.1. The molecule has 0 saturated carbocycles. The van der Waals surface area contributed by atoms with Gasteiger partial charge in [0.25, 0.3) is 0 Å². The van der Waals surface area contributed by atoms with E-state index < -0.39 is 0 Å². The molecule has 18 heavy (non-hydrogen) atoms. The van der Waals surface area contributed by atoms with Gasteiger partial charge in [-0.2, -0.15) is 0 Å². The Bertz CT molecular complexity index is 419. The quantitative estimate of drug-likeness (QED) is 0.882. The average Bonchev–Trinajstić information content (AvgIpc) is 2.84. The SMILES string of the molecule is CN1CCOC(CNc2ccc3c(c2)CCC3)C1. The summed E-state index contributed by atoms with van der Waals surface area (Å²) in [7, 11) is 2.16. The Morgan fingerprint density at radius 3 is 3.11 bits per heavy atom. The Balaban J connectivity index is 1.56. The van der Waals surface area contributed by atoms with Gasteiger partial charge >= 0.3 is 0 Å². The van der Waals surface area contributed by atoms with E-state index in [0.717, 1.165) is 26.2 Å². The number of likely N-dealkylation sites (N-methyl/N-ethyl adjacent to an activating group) is 1. The molecule has 1 aliphatic carbocycles. The molecule has 0 aromatic heterocycles. The molecule has 3 heteroatoms. The van der Waals surface area contributed by atoms with Gasteiger partial charge in [-0.1, -0.05) is 6.07 Å². The summed E-state index contributed by atoms with van der Waals surface area (Å²) in [4.78, 5) is 2.33. The zero-order valence-electron chi connectivity index (χ0n) is 11.1. The lowest BCUT2D eigenvalue weighted by molar-refractivity contribution is -0.0117. The number of anilines is 1. The summed E-state index contributed by atoms with van der Waals surface area (Å²) in [6.07, 6.45) is 4.13. The van der Waals surface area contributed by atoms with E-state index in [2.05, 4.69) is 35.5 Å². The summed E-state index contributed by atoms with van der Waals surface area (Å²) in [5.74, 6) is 0. The molecule has 3 rings (SSSR count). The van der Waals surface area contributed by atoms with Gasteiger partial charge in [-0.3, -0.25) is 0 Å². The van der Waals surface area contributed by atoms with Gasteiger partial charge in [-0.15, -0.1) is 0 Å². The summed E-state index contributed by atoms with van der Waals surface area (Å²) >= 11 is 0. The first-order valence-corrected chi connectivity index (χ1v) is 6.97. The Hall–Kier alpha value is -1.06. The maximum absolute atomic E-state index is 5.76. The first kappa shape index (κ1) is 12.0. The van der Waals surface area contributed by atoms with Gasteiger partial charge < -0.3 is 15.0 Å². The van der Waals surface area contributed by atoms with Crippen molar-refractivity contribution in [2.24, 2.45) is 0 Å². The molecule has 1 aromatic carbocycles. The van der Waals surface area contributed by atoms with Crippen LogP contribution in [0.4, 0.5) is 5.69 Å². The predicted molar refractivity (Wildman–Crippen MR) is 74.2 cm³/mol. The van der Waals surface area contributed by atoms with Crippen molar-refractivity contribution in [3.8, 4) is 0 Å². The lowest BCUT2D eigenvalue weighted by Crippen LogP contribution is -2.43. The fourth-order valence-corrected chi connectivity index (χ4v) is 2.90. The lowest BCUT2D eigenvalue weighted by atomic mass is 10.1. The summed E-state index contributed by atoms with van der Waals surface area (Å²) in [5.41, 5.74) is 4.31. The Morgan fingerprint density at radius 2 is 2.22 bits per heavy atom. The number of hydrogen-bond donors (Lipinski definition) is 1. The van der Waals surface area contributed by atoms with E-state index in [9.17, 15) is 0 Å². The molecular formula is C15H22N2O. The standard InChI is InChI=1S/C15H22N2O/c1-17-7-8-18-15(11-17)10-16-14-6-5-12-3-2-4-13(12)9-14/h5-6,9,15-16H,2-4,7-8,10-11H2,1H3.